The summed E-state index contributed by atoms with van der Waals surface area (Å²) in [5, 5.41) is 22.4. The topological polar surface area (TPSA) is 122 Å². The highest BCUT2D eigenvalue weighted by Crippen LogP contribution is 2.40. The van der Waals surface area contributed by atoms with Crippen molar-refractivity contribution in [2.24, 2.45) is 0 Å². The van der Waals surface area contributed by atoms with Gasteiger partial charge in [-0.3, -0.25) is 24.6 Å². The smallest absolute Gasteiger partial charge is 0.295 e. The van der Waals surface area contributed by atoms with E-state index in [0.29, 0.717) is 43.1 Å². The number of benzene rings is 2. The van der Waals surface area contributed by atoms with Crippen molar-refractivity contribution in [2.45, 2.75) is 19.4 Å². The molecular weight excluding hydrogens is 466 g/mol. The number of likely N-dealkylation sites (tertiary alicyclic amines) is 1. The molecule has 2 aliphatic heterocycles. The quantitative estimate of drug-likeness (QED) is 0.195. The third-order valence-corrected chi connectivity index (χ3v) is 6.60. The van der Waals surface area contributed by atoms with Crippen LogP contribution in [0.2, 0.25) is 0 Å². The predicted octanol–water partition coefficient (Wildman–Crippen LogP) is 3.06. The fourth-order valence-electron chi connectivity index (χ4n) is 4.71. The van der Waals surface area contributed by atoms with E-state index in [-0.39, 0.29) is 17.0 Å². The molecule has 0 spiro atoms. The molecule has 2 heterocycles. The summed E-state index contributed by atoms with van der Waals surface area (Å²) < 4.78 is 10.7. The van der Waals surface area contributed by atoms with Gasteiger partial charge in [-0.1, -0.05) is 0 Å². The first kappa shape index (κ1) is 25.3. The molecular formula is C26H29N3O7. The van der Waals surface area contributed by atoms with Gasteiger partial charge in [-0.05, 0) is 54.8 Å². The molecule has 1 amide bonds. The first-order valence-corrected chi connectivity index (χ1v) is 11.8. The molecule has 10 nitrogen and oxygen atoms in total. The number of ether oxygens (including phenoxy) is 2. The SMILES string of the molecule is COc1ccc(C(O)=C2C(=O)C(=O)N(CCCN3CCOCC3)[C@H]2c2ccc([N+](=O)[O-])cc2)cc1C. The van der Waals surface area contributed by atoms with E-state index in [1.54, 1.807) is 25.3 Å². The highest BCUT2D eigenvalue weighted by molar-refractivity contribution is 6.46. The number of hydrogen-bond donors (Lipinski definition) is 1. The number of carbonyl (C=O) groups excluding carboxylic acids is 2. The van der Waals surface area contributed by atoms with Crippen LogP contribution in [0.1, 0.15) is 29.2 Å². The Morgan fingerprint density at radius 2 is 1.83 bits per heavy atom. The molecule has 1 atom stereocenters. The standard InChI is InChI=1S/C26H29N3O7/c1-17-16-19(6-9-21(17)35-2)24(30)22-23(18-4-7-20(8-5-18)29(33)34)28(26(32)25(22)31)11-3-10-27-12-14-36-15-13-27/h4-9,16,23,30H,3,10-15H2,1-2H3/t23-/m0/s1. The molecule has 36 heavy (non-hydrogen) atoms. The molecule has 2 aromatic rings. The molecule has 1 N–H and O–H groups in total. The molecule has 0 unspecified atom stereocenters. The maximum atomic E-state index is 13.2. The van der Waals surface area contributed by atoms with Crippen molar-refractivity contribution in [3.8, 4) is 5.75 Å². The molecule has 2 aromatic carbocycles. The number of rotatable bonds is 8. The number of methoxy groups -OCH3 is 1. The third-order valence-electron chi connectivity index (χ3n) is 6.60. The zero-order chi connectivity index (χ0) is 25.8. The predicted molar refractivity (Wildman–Crippen MR) is 132 cm³/mol. The van der Waals surface area contributed by atoms with Crippen LogP contribution in [-0.2, 0) is 14.3 Å². The summed E-state index contributed by atoms with van der Waals surface area (Å²) in [7, 11) is 1.54. The van der Waals surface area contributed by atoms with E-state index >= 15 is 0 Å². The number of ketones is 1. The maximum Gasteiger partial charge on any atom is 0.295 e. The number of Topliss-reactive ketones (excluding diaryl/α,β-unsaturated/α-hetero) is 1. The first-order chi connectivity index (χ1) is 17.3. The average molecular weight is 496 g/mol. The number of hydrogen-bond acceptors (Lipinski definition) is 8. The first-order valence-electron chi connectivity index (χ1n) is 11.8. The fourth-order valence-corrected chi connectivity index (χ4v) is 4.71. The van der Waals surface area contributed by atoms with Crippen LogP contribution >= 0.6 is 0 Å². The Morgan fingerprint density at radius 1 is 1.14 bits per heavy atom. The Bertz CT molecular complexity index is 1190. The molecule has 0 radical (unpaired) electrons. The molecule has 0 bridgehead atoms. The van der Waals surface area contributed by atoms with E-state index in [1.165, 1.54) is 29.2 Å². The fraction of sp³-hybridized carbons (Fsp3) is 0.385. The molecule has 2 saturated heterocycles. The molecule has 0 saturated carbocycles. The highest BCUT2D eigenvalue weighted by atomic mass is 16.6. The second kappa shape index (κ2) is 10.9. The van der Waals surface area contributed by atoms with Crippen molar-refractivity contribution in [3.05, 3.63) is 74.8 Å². The number of aryl methyl sites for hydroxylation is 1. The number of nitrogens with zero attached hydrogens (tertiary/aromatic N) is 3. The minimum Gasteiger partial charge on any atom is -0.507 e. The Balaban J connectivity index is 1.70. The zero-order valence-electron chi connectivity index (χ0n) is 20.3. The number of aliphatic hydroxyl groups is 1. The molecule has 2 aliphatic rings. The lowest BCUT2D eigenvalue weighted by Crippen LogP contribution is -2.38. The molecule has 190 valence electrons. The van der Waals surface area contributed by atoms with Gasteiger partial charge in [-0.2, -0.15) is 0 Å². The normalized spacial score (nSPS) is 20.1. The summed E-state index contributed by atoms with van der Waals surface area (Å²) >= 11 is 0. The number of carbonyl (C=O) groups is 2. The van der Waals surface area contributed by atoms with Crippen LogP contribution in [0.4, 0.5) is 5.69 Å². The lowest BCUT2D eigenvalue weighted by molar-refractivity contribution is -0.384. The van der Waals surface area contributed by atoms with Crippen LogP contribution in [-0.4, -0.2) is 78.0 Å². The van der Waals surface area contributed by atoms with Crippen LogP contribution in [0.25, 0.3) is 5.76 Å². The summed E-state index contributed by atoms with van der Waals surface area (Å²) in [5.41, 5.74) is 1.51. The van der Waals surface area contributed by atoms with Crippen molar-refractivity contribution in [2.75, 3.05) is 46.5 Å². The Hall–Kier alpha value is -3.76. The van der Waals surface area contributed by atoms with Gasteiger partial charge < -0.3 is 19.5 Å². The van der Waals surface area contributed by atoms with Gasteiger partial charge in [0.2, 0.25) is 0 Å². The van der Waals surface area contributed by atoms with Gasteiger partial charge in [0, 0.05) is 43.9 Å². The summed E-state index contributed by atoms with van der Waals surface area (Å²) in [4.78, 5) is 40.6. The van der Waals surface area contributed by atoms with Gasteiger partial charge in [0.05, 0.1) is 36.9 Å². The van der Waals surface area contributed by atoms with Gasteiger partial charge in [-0.15, -0.1) is 0 Å². The van der Waals surface area contributed by atoms with Gasteiger partial charge in [0.25, 0.3) is 17.4 Å². The minimum atomic E-state index is -0.863. The number of aliphatic hydroxyl groups excluding tert-OH is 1. The van der Waals surface area contributed by atoms with Crippen LogP contribution in [0, 0.1) is 17.0 Å². The number of amides is 1. The molecule has 10 heteroatoms. The summed E-state index contributed by atoms with van der Waals surface area (Å²) in [6.07, 6.45) is 0.623. The Morgan fingerprint density at radius 3 is 2.44 bits per heavy atom. The Labute approximate surface area is 208 Å². The van der Waals surface area contributed by atoms with Crippen molar-refractivity contribution < 1.29 is 29.1 Å². The van der Waals surface area contributed by atoms with Gasteiger partial charge >= 0.3 is 0 Å². The van der Waals surface area contributed by atoms with E-state index in [1.807, 2.05) is 6.92 Å². The summed E-state index contributed by atoms with van der Waals surface area (Å²) in [5.74, 6) is -1.15. The number of non-ortho nitro benzene ring substituents is 1. The number of nitro groups is 1. The molecule has 2 fully saturated rings. The van der Waals surface area contributed by atoms with Gasteiger partial charge in [0.1, 0.15) is 11.5 Å². The second-order valence-corrected chi connectivity index (χ2v) is 8.83. The Kier molecular flexibility index (Phi) is 7.66. The highest BCUT2D eigenvalue weighted by Gasteiger charge is 2.46. The minimum absolute atomic E-state index is 0.0372. The van der Waals surface area contributed by atoms with E-state index in [9.17, 15) is 24.8 Å². The molecule has 0 aromatic heterocycles. The largest absolute Gasteiger partial charge is 0.507 e. The van der Waals surface area contributed by atoms with Crippen LogP contribution in [0.3, 0.4) is 0 Å². The van der Waals surface area contributed by atoms with E-state index in [4.69, 9.17) is 9.47 Å². The van der Waals surface area contributed by atoms with Crippen molar-refractivity contribution in [1.29, 1.82) is 0 Å². The van der Waals surface area contributed by atoms with E-state index in [2.05, 4.69) is 4.90 Å². The van der Waals surface area contributed by atoms with Gasteiger partial charge in [0.15, 0.2) is 0 Å². The van der Waals surface area contributed by atoms with E-state index in [0.717, 1.165) is 25.2 Å². The van der Waals surface area contributed by atoms with Gasteiger partial charge in [-0.25, -0.2) is 0 Å². The number of nitro benzene ring substituents is 1. The summed E-state index contributed by atoms with van der Waals surface area (Å²) in [6.45, 7) is 5.78. The lowest BCUT2D eigenvalue weighted by atomic mass is 9.94. The second-order valence-electron chi connectivity index (χ2n) is 8.83. The maximum absolute atomic E-state index is 13.2. The van der Waals surface area contributed by atoms with Crippen LogP contribution in [0.5, 0.6) is 5.75 Å². The molecule has 4 rings (SSSR count). The van der Waals surface area contributed by atoms with E-state index < -0.39 is 22.7 Å². The third kappa shape index (κ3) is 5.09. The van der Waals surface area contributed by atoms with Crippen molar-refractivity contribution >= 4 is 23.1 Å². The number of morpholine rings is 1. The average Bonchev–Trinajstić information content (AvgIpc) is 3.14. The zero-order valence-corrected chi connectivity index (χ0v) is 20.3. The monoisotopic (exact) mass is 495 g/mol. The van der Waals surface area contributed by atoms with Crippen LogP contribution < -0.4 is 4.74 Å². The molecule has 0 aliphatic carbocycles. The van der Waals surface area contributed by atoms with Crippen LogP contribution in [0.15, 0.2) is 48.0 Å². The lowest BCUT2D eigenvalue weighted by Gasteiger charge is -2.29. The summed E-state index contributed by atoms with van der Waals surface area (Å²) in [6, 6.07) is 9.85. The van der Waals surface area contributed by atoms with Crippen molar-refractivity contribution in [1.82, 2.24) is 9.80 Å². The van der Waals surface area contributed by atoms with Crippen molar-refractivity contribution in [3.63, 3.8) is 0 Å².